The maximum Gasteiger partial charge on any atom is 0.0511 e. The highest BCUT2D eigenvalue weighted by atomic mass is 79.9. The molecule has 0 amide bonds. The highest BCUT2D eigenvalue weighted by molar-refractivity contribution is 9.10. The summed E-state index contributed by atoms with van der Waals surface area (Å²) in [5.41, 5.74) is 4.90. The molecule has 0 saturated heterocycles. The Hall–Kier alpha value is -0.990. The van der Waals surface area contributed by atoms with Crippen molar-refractivity contribution >= 4 is 33.2 Å². The van der Waals surface area contributed by atoms with E-state index in [0.717, 1.165) is 16.6 Å². The Morgan fingerprint density at radius 2 is 1.68 bits per heavy atom. The third kappa shape index (κ3) is 3.74. The molecule has 0 unspecified atom stereocenters. The first-order valence-electron chi connectivity index (χ1n) is 6.21. The first-order chi connectivity index (χ1) is 9.10. The Morgan fingerprint density at radius 3 is 2.26 bits per heavy atom. The molecule has 0 fully saturated rings. The fraction of sp³-hybridized carbons (Fsp3) is 0.250. The van der Waals surface area contributed by atoms with Gasteiger partial charge in [0.2, 0.25) is 0 Å². The Bertz CT molecular complexity index is 551. The summed E-state index contributed by atoms with van der Waals surface area (Å²) in [5, 5.41) is 0. The highest BCUT2D eigenvalue weighted by Crippen LogP contribution is 2.28. The van der Waals surface area contributed by atoms with Crippen LogP contribution in [0.4, 0.5) is 5.69 Å². The van der Waals surface area contributed by atoms with Crippen LogP contribution in [0.15, 0.2) is 46.9 Å². The Labute approximate surface area is 128 Å². The van der Waals surface area contributed by atoms with E-state index in [1.54, 1.807) is 0 Å². The second-order valence-corrected chi connectivity index (χ2v) is 5.88. The number of halogens is 2. The van der Waals surface area contributed by atoms with Crippen molar-refractivity contribution in [1.82, 2.24) is 0 Å². The monoisotopic (exact) mass is 337 g/mol. The van der Waals surface area contributed by atoms with Crippen molar-refractivity contribution in [3.63, 3.8) is 0 Å². The summed E-state index contributed by atoms with van der Waals surface area (Å²) < 4.78 is 1.08. The number of aryl methyl sites for hydroxylation is 1. The Morgan fingerprint density at radius 1 is 1.05 bits per heavy atom. The van der Waals surface area contributed by atoms with Gasteiger partial charge in [-0.2, -0.15) is 0 Å². The lowest BCUT2D eigenvalue weighted by Crippen LogP contribution is -2.16. The van der Waals surface area contributed by atoms with Gasteiger partial charge in [0.1, 0.15) is 0 Å². The van der Waals surface area contributed by atoms with Gasteiger partial charge in [-0.25, -0.2) is 0 Å². The predicted octanol–water partition coefficient (Wildman–Crippen LogP) is 5.13. The summed E-state index contributed by atoms with van der Waals surface area (Å²) in [4.78, 5) is 2.23. The number of nitrogens with zero attached hydrogens (tertiary/aromatic N) is 1. The van der Waals surface area contributed by atoms with E-state index in [-0.39, 0.29) is 0 Å². The Balaban J connectivity index is 2.15. The number of hydrogen-bond donors (Lipinski definition) is 0. The molecule has 0 heterocycles. The van der Waals surface area contributed by atoms with Crippen LogP contribution >= 0.6 is 27.5 Å². The van der Waals surface area contributed by atoms with E-state index >= 15 is 0 Å². The summed E-state index contributed by atoms with van der Waals surface area (Å²) in [7, 11) is 2.10. The van der Waals surface area contributed by atoms with Gasteiger partial charge >= 0.3 is 0 Å². The molecule has 100 valence electrons. The van der Waals surface area contributed by atoms with E-state index in [1.165, 1.54) is 16.8 Å². The second-order valence-electron chi connectivity index (χ2n) is 4.76. The summed E-state index contributed by atoms with van der Waals surface area (Å²) in [6.07, 6.45) is 0. The molecule has 0 spiro atoms. The molecule has 0 bridgehead atoms. The number of anilines is 1. The summed E-state index contributed by atoms with van der Waals surface area (Å²) in [5.74, 6) is 0.542. The van der Waals surface area contributed by atoms with Crippen LogP contribution in [0.1, 0.15) is 16.7 Å². The minimum absolute atomic E-state index is 0.542. The molecule has 19 heavy (non-hydrogen) atoms. The van der Waals surface area contributed by atoms with Crippen molar-refractivity contribution < 1.29 is 0 Å². The first kappa shape index (κ1) is 14.4. The fourth-order valence-electron chi connectivity index (χ4n) is 2.00. The molecule has 0 aliphatic rings. The van der Waals surface area contributed by atoms with Crippen LogP contribution in [0.25, 0.3) is 0 Å². The van der Waals surface area contributed by atoms with Crippen molar-refractivity contribution in [3.8, 4) is 0 Å². The topological polar surface area (TPSA) is 3.24 Å². The number of rotatable bonds is 4. The van der Waals surface area contributed by atoms with Crippen molar-refractivity contribution in [2.45, 2.75) is 19.3 Å². The van der Waals surface area contributed by atoms with Gasteiger partial charge in [-0.05, 0) is 46.1 Å². The van der Waals surface area contributed by atoms with E-state index in [2.05, 4.69) is 77.3 Å². The van der Waals surface area contributed by atoms with Gasteiger partial charge in [-0.3, -0.25) is 0 Å². The third-order valence-corrected chi connectivity index (χ3v) is 4.06. The van der Waals surface area contributed by atoms with E-state index in [0.29, 0.717) is 5.88 Å². The highest BCUT2D eigenvalue weighted by Gasteiger charge is 2.07. The summed E-state index contributed by atoms with van der Waals surface area (Å²) in [6.45, 7) is 2.99. The Kier molecular flexibility index (Phi) is 4.89. The normalized spacial score (nSPS) is 10.5. The zero-order valence-corrected chi connectivity index (χ0v) is 13.5. The van der Waals surface area contributed by atoms with Crippen LogP contribution in [-0.4, -0.2) is 7.05 Å². The standard InChI is InChI=1S/C16H17BrClN/c1-12-3-5-13(6-4-12)11-19(2)16-8-7-14(10-18)9-15(16)17/h3-9H,10-11H2,1-2H3. The fourth-order valence-corrected chi connectivity index (χ4v) is 2.89. The van der Waals surface area contributed by atoms with Crippen molar-refractivity contribution in [1.29, 1.82) is 0 Å². The molecule has 0 radical (unpaired) electrons. The second kappa shape index (κ2) is 6.44. The molecule has 2 aromatic rings. The minimum Gasteiger partial charge on any atom is -0.369 e. The maximum atomic E-state index is 5.84. The molecule has 3 heteroatoms. The molecule has 0 aliphatic carbocycles. The third-order valence-electron chi connectivity index (χ3n) is 3.12. The maximum absolute atomic E-state index is 5.84. The molecule has 0 saturated carbocycles. The largest absolute Gasteiger partial charge is 0.369 e. The lowest BCUT2D eigenvalue weighted by Gasteiger charge is -2.21. The summed E-state index contributed by atoms with van der Waals surface area (Å²) in [6, 6.07) is 14.9. The zero-order chi connectivity index (χ0) is 13.8. The van der Waals surface area contributed by atoms with Crippen molar-refractivity contribution in [3.05, 3.63) is 63.6 Å². The average Bonchev–Trinajstić information content (AvgIpc) is 2.41. The molecule has 0 atom stereocenters. The van der Waals surface area contributed by atoms with Crippen LogP contribution < -0.4 is 4.90 Å². The van der Waals surface area contributed by atoms with Gasteiger partial charge in [-0.15, -0.1) is 11.6 Å². The van der Waals surface area contributed by atoms with E-state index in [4.69, 9.17) is 11.6 Å². The van der Waals surface area contributed by atoms with Crippen molar-refractivity contribution in [2.75, 3.05) is 11.9 Å². The number of hydrogen-bond acceptors (Lipinski definition) is 1. The van der Waals surface area contributed by atoms with Crippen LogP contribution in [0.3, 0.4) is 0 Å². The van der Waals surface area contributed by atoms with E-state index < -0.39 is 0 Å². The number of benzene rings is 2. The lowest BCUT2D eigenvalue weighted by molar-refractivity contribution is 0.918. The quantitative estimate of drug-likeness (QED) is 0.698. The molecular weight excluding hydrogens is 322 g/mol. The molecule has 0 aromatic heterocycles. The van der Waals surface area contributed by atoms with Gasteiger partial charge in [-0.1, -0.05) is 35.9 Å². The summed E-state index contributed by atoms with van der Waals surface area (Å²) >= 11 is 9.45. The van der Waals surface area contributed by atoms with Gasteiger partial charge in [0, 0.05) is 23.9 Å². The molecule has 0 N–H and O–H groups in total. The van der Waals surface area contributed by atoms with Gasteiger partial charge < -0.3 is 4.90 Å². The van der Waals surface area contributed by atoms with Crippen LogP contribution in [0, 0.1) is 6.92 Å². The van der Waals surface area contributed by atoms with Crippen LogP contribution in [0.5, 0.6) is 0 Å². The smallest absolute Gasteiger partial charge is 0.0511 e. The van der Waals surface area contributed by atoms with Crippen LogP contribution in [0.2, 0.25) is 0 Å². The van der Waals surface area contributed by atoms with Gasteiger partial charge in [0.15, 0.2) is 0 Å². The zero-order valence-electron chi connectivity index (χ0n) is 11.2. The van der Waals surface area contributed by atoms with Gasteiger partial charge in [0.25, 0.3) is 0 Å². The number of alkyl halides is 1. The van der Waals surface area contributed by atoms with E-state index in [1.807, 2.05) is 0 Å². The van der Waals surface area contributed by atoms with Gasteiger partial charge in [0.05, 0.1) is 5.69 Å². The predicted molar refractivity (Wildman–Crippen MR) is 87.0 cm³/mol. The molecule has 2 rings (SSSR count). The SMILES string of the molecule is Cc1ccc(CN(C)c2ccc(CCl)cc2Br)cc1. The minimum atomic E-state index is 0.542. The first-order valence-corrected chi connectivity index (χ1v) is 7.54. The van der Waals surface area contributed by atoms with Crippen molar-refractivity contribution in [2.24, 2.45) is 0 Å². The van der Waals surface area contributed by atoms with Crippen LogP contribution in [-0.2, 0) is 12.4 Å². The average molecular weight is 339 g/mol. The lowest BCUT2D eigenvalue weighted by atomic mass is 10.1. The molecule has 2 aromatic carbocycles. The molecule has 1 nitrogen and oxygen atoms in total. The molecule has 0 aliphatic heterocycles. The molecular formula is C16H17BrClN. The van der Waals surface area contributed by atoms with E-state index in [9.17, 15) is 0 Å².